The number of carbonyl (C=O) groups excluding carboxylic acids is 1. The zero-order valence-electron chi connectivity index (χ0n) is 9.05. The highest BCUT2D eigenvalue weighted by atomic mass is 32.2. The Bertz CT molecular complexity index is 366. The Hall–Kier alpha value is -1.49. The number of hydrogen-bond acceptors (Lipinski definition) is 4. The Kier molecular flexibility index (Phi) is 5.42. The molecule has 1 rings (SSSR count). The summed E-state index contributed by atoms with van der Waals surface area (Å²) in [5, 5.41) is 0.386. The van der Waals surface area contributed by atoms with Crippen molar-refractivity contribution >= 4 is 22.9 Å². The van der Waals surface area contributed by atoms with E-state index in [0.29, 0.717) is 5.17 Å². The molecular weight excluding hydrogens is 224 g/mol. The third-order valence-corrected chi connectivity index (χ3v) is 2.36. The second kappa shape index (κ2) is 6.90. The lowest BCUT2D eigenvalue weighted by molar-refractivity contribution is -0.143. The van der Waals surface area contributed by atoms with Crippen LogP contribution >= 0.6 is 11.8 Å². The van der Waals surface area contributed by atoms with Crippen LogP contribution in [0, 0.1) is 0 Å². The van der Waals surface area contributed by atoms with E-state index < -0.39 is 0 Å². The summed E-state index contributed by atoms with van der Waals surface area (Å²) in [6.07, 6.45) is 1.80. The van der Waals surface area contributed by atoms with Crippen LogP contribution in [0.1, 0.15) is 5.56 Å². The fourth-order valence-electron chi connectivity index (χ4n) is 0.991. The summed E-state index contributed by atoms with van der Waals surface area (Å²) in [5.41, 5.74) is 6.39. The summed E-state index contributed by atoms with van der Waals surface area (Å²) in [7, 11) is 0. The maximum atomic E-state index is 11.2. The summed E-state index contributed by atoms with van der Waals surface area (Å²) in [6.45, 7) is 0.244. The van der Waals surface area contributed by atoms with Gasteiger partial charge in [-0.1, -0.05) is 42.1 Å². The Morgan fingerprint density at radius 2 is 2.12 bits per heavy atom. The molecule has 0 atom stereocenters. The van der Waals surface area contributed by atoms with E-state index in [9.17, 15) is 4.79 Å². The average molecular weight is 238 g/mol. The number of amidine groups is 1. The van der Waals surface area contributed by atoms with Crippen molar-refractivity contribution in [1.29, 1.82) is 0 Å². The van der Waals surface area contributed by atoms with E-state index in [1.807, 2.05) is 30.3 Å². The molecule has 0 aliphatic heterocycles. The largest absolute Gasteiger partial charge is 0.459 e. The molecule has 0 aliphatic carbocycles. The Morgan fingerprint density at radius 3 is 2.75 bits per heavy atom. The number of rotatable bonds is 4. The monoisotopic (exact) mass is 238 g/mol. The van der Waals surface area contributed by atoms with Crippen molar-refractivity contribution in [3.8, 4) is 0 Å². The van der Waals surface area contributed by atoms with E-state index in [0.717, 1.165) is 5.56 Å². The van der Waals surface area contributed by atoms with E-state index in [4.69, 9.17) is 10.5 Å². The van der Waals surface area contributed by atoms with Gasteiger partial charge in [0.1, 0.15) is 13.2 Å². The van der Waals surface area contributed by atoms with E-state index in [2.05, 4.69) is 4.99 Å². The van der Waals surface area contributed by atoms with Crippen molar-refractivity contribution in [3.05, 3.63) is 35.9 Å². The molecule has 86 valence electrons. The van der Waals surface area contributed by atoms with Gasteiger partial charge in [-0.05, 0) is 11.8 Å². The zero-order valence-corrected chi connectivity index (χ0v) is 9.87. The van der Waals surface area contributed by atoms with Crippen molar-refractivity contribution < 1.29 is 9.53 Å². The zero-order chi connectivity index (χ0) is 11.8. The molecule has 0 radical (unpaired) electrons. The van der Waals surface area contributed by atoms with Gasteiger partial charge in [-0.3, -0.25) is 9.79 Å². The summed E-state index contributed by atoms with van der Waals surface area (Å²) in [5.74, 6) is -0.374. The molecule has 0 unspecified atom stereocenters. The summed E-state index contributed by atoms with van der Waals surface area (Å²) < 4.78 is 5.01. The molecule has 0 aliphatic rings. The lowest BCUT2D eigenvalue weighted by Gasteiger charge is -2.03. The van der Waals surface area contributed by atoms with Gasteiger partial charge >= 0.3 is 5.97 Å². The van der Waals surface area contributed by atoms with Crippen molar-refractivity contribution in [2.24, 2.45) is 10.7 Å². The van der Waals surface area contributed by atoms with Crippen molar-refractivity contribution in [3.63, 3.8) is 0 Å². The summed E-state index contributed by atoms with van der Waals surface area (Å²) in [6, 6.07) is 9.49. The minimum absolute atomic E-state index is 0.0283. The highest BCUT2D eigenvalue weighted by molar-refractivity contribution is 8.13. The number of nitrogens with two attached hydrogens (primary N) is 1. The quantitative estimate of drug-likeness (QED) is 0.489. The number of thioether (sulfide) groups is 1. The second-order valence-corrected chi connectivity index (χ2v) is 3.83. The van der Waals surface area contributed by atoms with Gasteiger partial charge in [-0.15, -0.1) is 0 Å². The maximum Gasteiger partial charge on any atom is 0.328 e. The molecule has 5 heteroatoms. The van der Waals surface area contributed by atoms with E-state index in [1.165, 1.54) is 11.8 Å². The lowest BCUT2D eigenvalue weighted by Crippen LogP contribution is -2.13. The molecule has 2 N–H and O–H groups in total. The molecule has 1 aromatic carbocycles. The molecule has 0 saturated carbocycles. The van der Waals surface area contributed by atoms with E-state index in [1.54, 1.807) is 6.26 Å². The minimum atomic E-state index is -0.374. The molecule has 16 heavy (non-hydrogen) atoms. The molecule has 0 heterocycles. The molecule has 0 saturated heterocycles. The fourth-order valence-corrected chi connectivity index (χ4v) is 1.18. The molecule has 0 aromatic heterocycles. The van der Waals surface area contributed by atoms with Crippen LogP contribution < -0.4 is 5.73 Å². The van der Waals surface area contributed by atoms with E-state index >= 15 is 0 Å². The topological polar surface area (TPSA) is 64.7 Å². The number of aliphatic imine (C=N–C) groups is 1. The van der Waals surface area contributed by atoms with Gasteiger partial charge in [0, 0.05) is 0 Å². The molecule has 1 aromatic rings. The van der Waals surface area contributed by atoms with Gasteiger partial charge < -0.3 is 10.5 Å². The summed E-state index contributed by atoms with van der Waals surface area (Å²) in [4.78, 5) is 15.1. The Balaban J connectivity index is 2.31. The van der Waals surface area contributed by atoms with Crippen molar-refractivity contribution in [2.45, 2.75) is 6.61 Å². The molecule has 0 fully saturated rings. The Morgan fingerprint density at radius 1 is 1.44 bits per heavy atom. The molecule has 0 amide bonds. The number of esters is 1. The van der Waals surface area contributed by atoms with Gasteiger partial charge in [0.2, 0.25) is 0 Å². The van der Waals surface area contributed by atoms with Gasteiger partial charge in [0.25, 0.3) is 0 Å². The van der Waals surface area contributed by atoms with Gasteiger partial charge in [-0.25, -0.2) is 0 Å². The first-order valence-electron chi connectivity index (χ1n) is 4.76. The van der Waals surface area contributed by atoms with Crippen LogP contribution in [-0.4, -0.2) is 23.9 Å². The number of carbonyl (C=O) groups is 1. The lowest BCUT2D eigenvalue weighted by atomic mass is 10.2. The predicted molar refractivity (Wildman–Crippen MR) is 66.2 cm³/mol. The van der Waals surface area contributed by atoms with Crippen LogP contribution in [0.2, 0.25) is 0 Å². The average Bonchev–Trinajstić information content (AvgIpc) is 2.34. The first kappa shape index (κ1) is 12.6. The highest BCUT2D eigenvalue weighted by Crippen LogP contribution is 2.00. The predicted octanol–water partition coefficient (Wildman–Crippen LogP) is 1.41. The second-order valence-electron chi connectivity index (χ2n) is 3.00. The minimum Gasteiger partial charge on any atom is -0.459 e. The third-order valence-electron chi connectivity index (χ3n) is 1.82. The van der Waals surface area contributed by atoms with Gasteiger partial charge in [0.15, 0.2) is 5.17 Å². The van der Waals surface area contributed by atoms with Crippen LogP contribution in [0.4, 0.5) is 0 Å². The Labute approximate surface area is 98.9 Å². The van der Waals surface area contributed by atoms with Gasteiger partial charge in [0.05, 0.1) is 0 Å². The van der Waals surface area contributed by atoms with Gasteiger partial charge in [-0.2, -0.15) is 0 Å². The van der Waals surface area contributed by atoms with Crippen LogP contribution in [0.25, 0.3) is 0 Å². The van der Waals surface area contributed by atoms with Crippen LogP contribution in [0.15, 0.2) is 35.3 Å². The number of benzene rings is 1. The number of ether oxygens (including phenoxy) is 1. The van der Waals surface area contributed by atoms with Crippen LogP contribution in [-0.2, 0) is 16.1 Å². The first-order chi connectivity index (χ1) is 7.72. The molecule has 4 nitrogen and oxygen atoms in total. The van der Waals surface area contributed by atoms with Crippen LogP contribution in [0.5, 0.6) is 0 Å². The van der Waals surface area contributed by atoms with Crippen molar-refractivity contribution in [2.75, 3.05) is 12.8 Å². The smallest absolute Gasteiger partial charge is 0.328 e. The SMILES string of the molecule is CSC(N)=NCC(=O)OCc1ccccc1. The van der Waals surface area contributed by atoms with Crippen LogP contribution in [0.3, 0.4) is 0 Å². The number of hydrogen-bond donors (Lipinski definition) is 1. The standard InChI is InChI=1S/C11H14N2O2S/c1-16-11(12)13-7-10(14)15-8-9-5-3-2-4-6-9/h2-6H,7-8H2,1H3,(H2,12,13). The first-order valence-corrected chi connectivity index (χ1v) is 5.98. The third kappa shape index (κ3) is 4.84. The van der Waals surface area contributed by atoms with E-state index in [-0.39, 0.29) is 19.1 Å². The van der Waals surface area contributed by atoms with Crippen molar-refractivity contribution in [1.82, 2.24) is 0 Å². The normalized spacial score (nSPS) is 11.2. The molecular formula is C11H14N2O2S. The number of nitrogens with zero attached hydrogens (tertiary/aromatic N) is 1. The molecule has 0 spiro atoms. The molecule has 0 bridgehead atoms. The highest BCUT2D eigenvalue weighted by Gasteiger charge is 2.02. The summed E-state index contributed by atoms with van der Waals surface area (Å²) >= 11 is 1.30. The fraction of sp³-hybridized carbons (Fsp3) is 0.273. The maximum absolute atomic E-state index is 11.2.